The molecular weight excluding hydrogens is 413 g/mol. The Hall–Kier alpha value is -3.04. The van der Waals surface area contributed by atoms with Gasteiger partial charge in [0, 0.05) is 31.6 Å². The highest BCUT2D eigenvalue weighted by Gasteiger charge is 2.33. The number of piperazine rings is 1. The maximum Gasteiger partial charge on any atom is 0.416 e. The molecule has 2 aromatic rings. The summed E-state index contributed by atoms with van der Waals surface area (Å²) in [6, 6.07) is 4.66. The van der Waals surface area contributed by atoms with E-state index in [4.69, 9.17) is 4.74 Å². The van der Waals surface area contributed by atoms with Crippen molar-refractivity contribution < 1.29 is 27.5 Å². The number of carbonyl (C=O) groups is 2. The third-order valence-corrected chi connectivity index (χ3v) is 5.04. The molecule has 168 valence electrons. The number of nitrogens with zero attached hydrogens (tertiary/aromatic N) is 4. The van der Waals surface area contributed by atoms with E-state index in [1.54, 1.807) is 9.80 Å². The molecule has 1 fully saturated rings. The molecular formula is C21H25F3N4O3. The first-order valence-corrected chi connectivity index (χ1v) is 9.82. The van der Waals surface area contributed by atoms with Gasteiger partial charge in [-0.05, 0) is 18.2 Å². The van der Waals surface area contributed by atoms with Crippen molar-refractivity contribution in [1.82, 2.24) is 19.6 Å². The van der Waals surface area contributed by atoms with Gasteiger partial charge in [0.1, 0.15) is 0 Å². The van der Waals surface area contributed by atoms with Crippen molar-refractivity contribution in [2.45, 2.75) is 26.9 Å². The lowest BCUT2D eigenvalue weighted by molar-refractivity contribution is -0.141. The fourth-order valence-electron chi connectivity index (χ4n) is 3.35. The number of carbonyl (C=O) groups excluding carboxylic acids is 2. The van der Waals surface area contributed by atoms with Gasteiger partial charge in [0.25, 0.3) is 5.91 Å². The Kier molecular flexibility index (Phi) is 6.02. The molecule has 31 heavy (non-hydrogen) atoms. The first-order chi connectivity index (χ1) is 14.4. The van der Waals surface area contributed by atoms with E-state index in [0.29, 0.717) is 26.2 Å². The second-order valence-electron chi connectivity index (χ2n) is 8.37. The molecule has 0 aliphatic carbocycles. The van der Waals surface area contributed by atoms with Crippen molar-refractivity contribution >= 4 is 11.8 Å². The maximum atomic E-state index is 13.0. The zero-order valence-electron chi connectivity index (χ0n) is 17.9. The fraction of sp³-hybridized carbons (Fsp3) is 0.476. The van der Waals surface area contributed by atoms with Crippen LogP contribution in [0.1, 0.15) is 36.8 Å². The summed E-state index contributed by atoms with van der Waals surface area (Å²) in [6.07, 6.45) is -3.11. The Morgan fingerprint density at radius 2 is 1.65 bits per heavy atom. The average Bonchev–Trinajstić information content (AvgIpc) is 3.16. The summed E-state index contributed by atoms with van der Waals surface area (Å²) in [6.45, 7) is 7.01. The first kappa shape index (κ1) is 22.6. The number of rotatable bonds is 3. The normalized spacial score (nSPS) is 15.2. The second kappa shape index (κ2) is 8.24. The van der Waals surface area contributed by atoms with Crippen LogP contribution in [0.3, 0.4) is 0 Å². The van der Waals surface area contributed by atoms with Crippen molar-refractivity contribution in [3.05, 3.63) is 41.7 Å². The van der Waals surface area contributed by atoms with Gasteiger partial charge < -0.3 is 14.5 Å². The molecule has 10 heteroatoms. The number of benzene rings is 1. The van der Waals surface area contributed by atoms with Crippen molar-refractivity contribution in [2.75, 3.05) is 33.3 Å². The minimum absolute atomic E-state index is 0.00973. The molecule has 1 aliphatic heterocycles. The van der Waals surface area contributed by atoms with Crippen LogP contribution in [-0.4, -0.2) is 64.7 Å². The van der Waals surface area contributed by atoms with E-state index in [-0.39, 0.29) is 23.0 Å². The molecule has 0 saturated carbocycles. The minimum atomic E-state index is -4.49. The van der Waals surface area contributed by atoms with Gasteiger partial charge in [0.05, 0.1) is 24.6 Å². The van der Waals surface area contributed by atoms with Crippen LogP contribution in [0, 0.1) is 5.41 Å². The van der Waals surface area contributed by atoms with Gasteiger partial charge in [-0.2, -0.15) is 18.3 Å². The second-order valence-corrected chi connectivity index (χ2v) is 8.37. The van der Waals surface area contributed by atoms with Crippen LogP contribution in [0.5, 0.6) is 5.75 Å². The SMILES string of the molecule is COc1cn(-c2cccc(C(F)(F)F)c2)nc1C(=O)N1CCN(C(=O)C(C)(C)C)CC1. The van der Waals surface area contributed by atoms with E-state index < -0.39 is 23.1 Å². The van der Waals surface area contributed by atoms with Crippen LogP contribution < -0.4 is 4.74 Å². The number of ether oxygens (including phenoxy) is 1. The smallest absolute Gasteiger partial charge is 0.416 e. The quantitative estimate of drug-likeness (QED) is 0.738. The molecule has 7 nitrogen and oxygen atoms in total. The maximum absolute atomic E-state index is 13.0. The van der Waals surface area contributed by atoms with Gasteiger partial charge >= 0.3 is 6.18 Å². The molecule has 1 saturated heterocycles. The molecule has 2 heterocycles. The number of hydrogen-bond donors (Lipinski definition) is 0. The van der Waals surface area contributed by atoms with E-state index in [1.165, 1.54) is 30.1 Å². The van der Waals surface area contributed by atoms with Crippen LogP contribution >= 0.6 is 0 Å². The average molecular weight is 438 g/mol. The van der Waals surface area contributed by atoms with Crippen molar-refractivity contribution in [3.8, 4) is 11.4 Å². The zero-order valence-corrected chi connectivity index (χ0v) is 17.9. The van der Waals surface area contributed by atoms with E-state index in [2.05, 4.69) is 5.10 Å². The number of methoxy groups -OCH3 is 1. The summed E-state index contributed by atoms with van der Waals surface area (Å²) in [5, 5.41) is 4.20. The summed E-state index contributed by atoms with van der Waals surface area (Å²) < 4.78 is 45.5. The molecule has 0 atom stereocenters. The molecule has 0 bridgehead atoms. The summed E-state index contributed by atoms with van der Waals surface area (Å²) in [4.78, 5) is 28.7. The molecule has 3 rings (SSSR count). The van der Waals surface area contributed by atoms with E-state index in [0.717, 1.165) is 12.1 Å². The molecule has 0 N–H and O–H groups in total. The lowest BCUT2D eigenvalue weighted by atomic mass is 9.94. The molecule has 1 aromatic heterocycles. The Bertz CT molecular complexity index is 971. The Labute approximate surface area is 178 Å². The predicted octanol–water partition coefficient (Wildman–Crippen LogP) is 3.23. The van der Waals surface area contributed by atoms with Crippen molar-refractivity contribution in [1.29, 1.82) is 0 Å². The molecule has 1 aliphatic rings. The predicted molar refractivity (Wildman–Crippen MR) is 107 cm³/mol. The Morgan fingerprint density at radius 3 is 2.19 bits per heavy atom. The molecule has 1 aromatic carbocycles. The van der Waals surface area contributed by atoms with Crippen LogP contribution in [0.15, 0.2) is 30.5 Å². The zero-order chi connectivity index (χ0) is 23.0. The fourth-order valence-corrected chi connectivity index (χ4v) is 3.35. The summed E-state index contributed by atoms with van der Waals surface area (Å²) in [5.41, 5.74) is -1.14. The van der Waals surface area contributed by atoms with Gasteiger partial charge in [-0.25, -0.2) is 4.68 Å². The largest absolute Gasteiger partial charge is 0.493 e. The molecule has 0 radical (unpaired) electrons. The first-order valence-electron chi connectivity index (χ1n) is 9.82. The standard InChI is InChI=1S/C21H25F3N4O3/c1-20(2,3)19(30)27-10-8-26(9-11-27)18(29)17-16(31-4)13-28(25-17)15-7-5-6-14(12-15)21(22,23)24/h5-7,12-13H,8-11H2,1-4H3. The summed E-state index contributed by atoms with van der Waals surface area (Å²) in [7, 11) is 1.37. The van der Waals surface area contributed by atoms with Gasteiger partial charge in [0.15, 0.2) is 11.4 Å². The van der Waals surface area contributed by atoms with Gasteiger partial charge in [0.2, 0.25) is 5.91 Å². The lowest BCUT2D eigenvalue weighted by Crippen LogP contribution is -2.53. The Morgan fingerprint density at radius 1 is 1.03 bits per heavy atom. The summed E-state index contributed by atoms with van der Waals surface area (Å²) >= 11 is 0. The van der Waals surface area contributed by atoms with E-state index in [9.17, 15) is 22.8 Å². The van der Waals surface area contributed by atoms with E-state index >= 15 is 0 Å². The van der Waals surface area contributed by atoms with Crippen LogP contribution in [0.4, 0.5) is 13.2 Å². The number of aromatic nitrogens is 2. The van der Waals surface area contributed by atoms with Crippen LogP contribution in [0.2, 0.25) is 0 Å². The highest BCUT2D eigenvalue weighted by Crippen LogP contribution is 2.31. The molecule has 2 amide bonds. The van der Waals surface area contributed by atoms with Gasteiger partial charge in [-0.1, -0.05) is 26.8 Å². The number of halogens is 3. The number of alkyl halides is 3. The molecule has 0 unspecified atom stereocenters. The molecule has 0 spiro atoms. The summed E-state index contributed by atoms with van der Waals surface area (Å²) in [5.74, 6) is -0.216. The van der Waals surface area contributed by atoms with Gasteiger partial charge in [-0.15, -0.1) is 0 Å². The number of hydrogen-bond acceptors (Lipinski definition) is 4. The van der Waals surface area contributed by atoms with Crippen molar-refractivity contribution in [3.63, 3.8) is 0 Å². The topological polar surface area (TPSA) is 67.7 Å². The van der Waals surface area contributed by atoms with Crippen molar-refractivity contribution in [2.24, 2.45) is 5.41 Å². The Balaban J connectivity index is 1.79. The lowest BCUT2D eigenvalue weighted by Gasteiger charge is -2.37. The van der Waals surface area contributed by atoms with E-state index in [1.807, 2.05) is 20.8 Å². The third kappa shape index (κ3) is 4.83. The van der Waals surface area contributed by atoms with Gasteiger partial charge in [-0.3, -0.25) is 9.59 Å². The minimum Gasteiger partial charge on any atom is -0.493 e. The number of amides is 2. The monoisotopic (exact) mass is 438 g/mol. The van der Waals surface area contributed by atoms with Crippen LogP contribution in [-0.2, 0) is 11.0 Å². The highest BCUT2D eigenvalue weighted by molar-refractivity contribution is 5.95. The van der Waals surface area contributed by atoms with Crippen LogP contribution in [0.25, 0.3) is 5.69 Å². The highest BCUT2D eigenvalue weighted by atomic mass is 19.4. The third-order valence-electron chi connectivity index (χ3n) is 5.04.